The Balaban J connectivity index is 3.17. The second-order valence-electron chi connectivity index (χ2n) is 1.88. The fourth-order valence-electron chi connectivity index (χ4n) is 0.559. The summed E-state index contributed by atoms with van der Waals surface area (Å²) >= 11 is 0. The third-order valence-corrected chi connectivity index (χ3v) is 1.16. The van der Waals surface area contributed by atoms with E-state index in [0.29, 0.717) is 5.69 Å². The van der Waals surface area contributed by atoms with Gasteiger partial charge in [-0.25, -0.2) is 4.98 Å². The van der Waals surface area contributed by atoms with Gasteiger partial charge in [0.05, 0.1) is 0 Å². The quantitative estimate of drug-likeness (QED) is 0.480. The second kappa shape index (κ2) is 2.13. The van der Waals surface area contributed by atoms with Crippen LogP contribution in [-0.2, 0) is 0 Å². The lowest BCUT2D eigenvalue weighted by Gasteiger charge is -1.94. The maximum absolute atomic E-state index is 12.2. The van der Waals surface area contributed by atoms with Crippen LogP contribution in [0.4, 0.5) is 4.39 Å². The highest BCUT2D eigenvalue weighted by atomic mass is 19.1. The molecule has 0 aliphatic carbocycles. The lowest BCUT2D eigenvalue weighted by molar-refractivity contribution is 0.579. The van der Waals surface area contributed by atoms with E-state index in [1.54, 1.807) is 13.0 Å². The van der Waals surface area contributed by atoms with E-state index in [9.17, 15) is 4.39 Å². The lowest BCUT2D eigenvalue weighted by atomic mass is 10.2. The number of hydrogen-bond acceptors (Lipinski definition) is 1. The Kier molecular flexibility index (Phi) is 1.47. The molecule has 1 nitrogen and oxygen atoms in total. The van der Waals surface area contributed by atoms with Gasteiger partial charge in [0.2, 0.25) is 5.95 Å². The fourth-order valence-corrected chi connectivity index (χ4v) is 0.559. The molecule has 0 N–H and O–H groups in total. The molecule has 0 unspecified atom stereocenters. The number of rotatable bonds is 0. The van der Waals surface area contributed by atoms with Crippen molar-refractivity contribution >= 4 is 0 Å². The molecule has 0 saturated carbocycles. The van der Waals surface area contributed by atoms with Crippen LogP contribution in [0.1, 0.15) is 11.3 Å². The predicted octanol–water partition coefficient (Wildman–Crippen LogP) is 1.71. The van der Waals surface area contributed by atoms with Crippen molar-refractivity contribution in [3.05, 3.63) is 36.3 Å². The molecule has 0 fully saturated rings. The smallest absolute Gasteiger partial charge is 0.213 e. The summed E-state index contributed by atoms with van der Waals surface area (Å²) in [5.41, 5.74) is 1.42. The molecule has 0 aromatic carbocycles. The van der Waals surface area contributed by atoms with Gasteiger partial charge in [0, 0.05) is 5.69 Å². The number of nitrogens with zero attached hydrogens (tertiary/aromatic N) is 1. The lowest BCUT2D eigenvalue weighted by Crippen LogP contribution is -1.88. The molecule has 1 rings (SSSR count). The minimum atomic E-state index is -0.445. The highest BCUT2D eigenvalue weighted by Crippen LogP contribution is 2.02. The third-order valence-electron chi connectivity index (χ3n) is 1.16. The molecular weight excluding hydrogens is 117 g/mol. The largest absolute Gasteiger partial charge is 0.225 e. The minimum Gasteiger partial charge on any atom is -0.225 e. The van der Waals surface area contributed by atoms with Gasteiger partial charge in [-0.2, -0.15) is 4.39 Å². The van der Waals surface area contributed by atoms with E-state index in [1.165, 1.54) is 6.07 Å². The Morgan fingerprint density at radius 3 is 2.67 bits per heavy atom. The molecule has 0 saturated heterocycles. The van der Waals surface area contributed by atoms with Gasteiger partial charge >= 0.3 is 0 Å². The molecule has 0 spiro atoms. The zero-order valence-corrected chi connectivity index (χ0v) is 5.19. The average molecular weight is 124 g/mol. The van der Waals surface area contributed by atoms with E-state index in [-0.39, 0.29) is 0 Å². The molecule has 2 heteroatoms. The number of halogens is 1. The van der Waals surface area contributed by atoms with Gasteiger partial charge in [0.1, 0.15) is 0 Å². The molecule has 1 radical (unpaired) electrons. The SMILES string of the molecule is [CH2]c1ccc(F)nc1C. The first-order valence-corrected chi connectivity index (χ1v) is 2.65. The molecular formula is C7H7FN. The Bertz CT molecular complexity index is 220. The molecule has 9 heavy (non-hydrogen) atoms. The Morgan fingerprint density at radius 2 is 2.22 bits per heavy atom. The predicted molar refractivity (Wildman–Crippen MR) is 33.4 cm³/mol. The summed E-state index contributed by atoms with van der Waals surface area (Å²) in [5, 5.41) is 0. The van der Waals surface area contributed by atoms with Crippen LogP contribution in [0.2, 0.25) is 0 Å². The maximum atomic E-state index is 12.2. The molecule has 0 aliphatic heterocycles. The van der Waals surface area contributed by atoms with Crippen LogP contribution in [0, 0.1) is 19.8 Å². The van der Waals surface area contributed by atoms with Crippen molar-refractivity contribution in [3.8, 4) is 0 Å². The van der Waals surface area contributed by atoms with Crippen molar-refractivity contribution in [3.63, 3.8) is 0 Å². The molecule has 0 bridgehead atoms. The zero-order chi connectivity index (χ0) is 6.85. The summed E-state index contributed by atoms with van der Waals surface area (Å²) in [6.45, 7) is 5.36. The van der Waals surface area contributed by atoms with E-state index >= 15 is 0 Å². The normalized spacial score (nSPS) is 9.67. The number of aryl methyl sites for hydroxylation is 1. The van der Waals surface area contributed by atoms with Crippen molar-refractivity contribution in [2.75, 3.05) is 0 Å². The Hall–Kier alpha value is -0.920. The van der Waals surface area contributed by atoms with Crippen LogP contribution in [0.15, 0.2) is 12.1 Å². The summed E-state index contributed by atoms with van der Waals surface area (Å²) in [6.07, 6.45) is 0. The van der Waals surface area contributed by atoms with Gasteiger partial charge in [0.25, 0.3) is 0 Å². The standard InChI is InChI=1S/C7H7FN/c1-5-3-4-7(8)9-6(5)2/h3-4H,1H2,2H3. The van der Waals surface area contributed by atoms with Crippen LogP contribution in [0.3, 0.4) is 0 Å². The monoisotopic (exact) mass is 124 g/mol. The van der Waals surface area contributed by atoms with Crippen LogP contribution in [-0.4, -0.2) is 4.98 Å². The van der Waals surface area contributed by atoms with Gasteiger partial charge in [-0.15, -0.1) is 0 Å². The van der Waals surface area contributed by atoms with Crippen LogP contribution in [0.5, 0.6) is 0 Å². The number of aromatic nitrogens is 1. The van der Waals surface area contributed by atoms with Crippen molar-refractivity contribution in [2.45, 2.75) is 6.92 Å². The maximum Gasteiger partial charge on any atom is 0.213 e. The summed E-state index contributed by atoms with van der Waals surface area (Å²) in [6, 6.07) is 2.91. The number of pyridine rings is 1. The second-order valence-corrected chi connectivity index (χ2v) is 1.88. The highest BCUT2D eigenvalue weighted by Gasteiger charge is 1.93. The summed E-state index contributed by atoms with van der Waals surface area (Å²) in [5.74, 6) is -0.445. The van der Waals surface area contributed by atoms with Crippen LogP contribution in [0.25, 0.3) is 0 Å². The van der Waals surface area contributed by atoms with E-state index in [0.717, 1.165) is 5.56 Å². The van der Waals surface area contributed by atoms with E-state index < -0.39 is 5.95 Å². The van der Waals surface area contributed by atoms with Gasteiger partial charge in [0.15, 0.2) is 0 Å². The molecule has 1 aromatic rings. The van der Waals surface area contributed by atoms with Gasteiger partial charge < -0.3 is 0 Å². The molecule has 1 aromatic heterocycles. The first-order valence-electron chi connectivity index (χ1n) is 2.65. The Morgan fingerprint density at radius 1 is 1.56 bits per heavy atom. The van der Waals surface area contributed by atoms with Gasteiger partial charge in [-0.3, -0.25) is 0 Å². The molecule has 1 heterocycles. The van der Waals surface area contributed by atoms with E-state index in [4.69, 9.17) is 0 Å². The first-order chi connectivity index (χ1) is 4.20. The number of hydrogen-bond donors (Lipinski definition) is 0. The average Bonchev–Trinajstić information content (AvgIpc) is 1.80. The topological polar surface area (TPSA) is 12.9 Å². The van der Waals surface area contributed by atoms with Crippen molar-refractivity contribution < 1.29 is 4.39 Å². The summed E-state index contributed by atoms with van der Waals surface area (Å²) in [7, 11) is 0. The van der Waals surface area contributed by atoms with Crippen molar-refractivity contribution in [1.82, 2.24) is 4.98 Å². The van der Waals surface area contributed by atoms with Gasteiger partial charge in [-0.05, 0) is 25.5 Å². The summed E-state index contributed by atoms with van der Waals surface area (Å²) < 4.78 is 12.2. The Labute approximate surface area is 53.5 Å². The molecule has 47 valence electrons. The fraction of sp³-hybridized carbons (Fsp3) is 0.143. The molecule has 0 atom stereocenters. The van der Waals surface area contributed by atoms with Crippen molar-refractivity contribution in [2.24, 2.45) is 0 Å². The first kappa shape index (κ1) is 6.20. The van der Waals surface area contributed by atoms with E-state index in [2.05, 4.69) is 11.9 Å². The highest BCUT2D eigenvalue weighted by molar-refractivity contribution is 5.21. The minimum absolute atomic E-state index is 0.445. The molecule has 0 aliphatic rings. The van der Waals surface area contributed by atoms with Gasteiger partial charge in [-0.1, -0.05) is 6.07 Å². The summed E-state index contributed by atoms with van der Waals surface area (Å²) in [4.78, 5) is 3.54. The van der Waals surface area contributed by atoms with Crippen LogP contribution < -0.4 is 0 Å². The zero-order valence-electron chi connectivity index (χ0n) is 5.19. The van der Waals surface area contributed by atoms with Crippen molar-refractivity contribution in [1.29, 1.82) is 0 Å². The third kappa shape index (κ3) is 1.25. The molecule has 0 amide bonds. The van der Waals surface area contributed by atoms with Crippen LogP contribution >= 0.6 is 0 Å². The van der Waals surface area contributed by atoms with E-state index in [1.807, 2.05) is 0 Å².